The van der Waals surface area contributed by atoms with Gasteiger partial charge >= 0.3 is 0 Å². The number of halogens is 1. The molecular weight excluding hydrogens is 386 g/mol. The second kappa shape index (κ2) is 8.13. The number of hydrogen-bond donors (Lipinski definition) is 1. The van der Waals surface area contributed by atoms with Gasteiger partial charge < -0.3 is 14.5 Å². The van der Waals surface area contributed by atoms with E-state index < -0.39 is 0 Å². The van der Waals surface area contributed by atoms with Gasteiger partial charge in [-0.1, -0.05) is 40.3 Å². The first-order chi connectivity index (χ1) is 11.7. The summed E-state index contributed by atoms with van der Waals surface area (Å²) in [6, 6.07) is 19.6. The number of furan rings is 1. The van der Waals surface area contributed by atoms with Crippen molar-refractivity contribution in [2.24, 2.45) is 0 Å². The fourth-order valence-electron chi connectivity index (χ4n) is 2.13. The van der Waals surface area contributed by atoms with Crippen LogP contribution in [0.4, 0.5) is 0 Å². The van der Waals surface area contributed by atoms with E-state index >= 15 is 0 Å². The Morgan fingerprint density at radius 1 is 1.04 bits per heavy atom. The molecule has 0 fully saturated rings. The number of rotatable bonds is 6. The van der Waals surface area contributed by atoms with Crippen LogP contribution in [0.5, 0.6) is 5.75 Å². The molecule has 0 radical (unpaired) electrons. The monoisotopic (exact) mass is 401 g/mol. The minimum Gasteiger partial charge on any atom is -0.489 e. The first-order valence-electron chi connectivity index (χ1n) is 7.48. The topological polar surface area (TPSA) is 34.4 Å². The maximum atomic E-state index is 5.79. The molecule has 3 nitrogen and oxygen atoms in total. The van der Waals surface area contributed by atoms with E-state index in [1.165, 1.54) is 0 Å². The summed E-state index contributed by atoms with van der Waals surface area (Å²) in [5, 5.41) is 3.18. The van der Waals surface area contributed by atoms with E-state index in [-0.39, 0.29) is 0 Å². The summed E-state index contributed by atoms with van der Waals surface area (Å²) in [7, 11) is 0. The van der Waals surface area contributed by atoms with Gasteiger partial charge in [0, 0.05) is 10.0 Å². The third-order valence-electron chi connectivity index (χ3n) is 3.44. The second-order valence-electron chi connectivity index (χ2n) is 5.20. The van der Waals surface area contributed by atoms with Gasteiger partial charge in [0.05, 0.1) is 12.8 Å². The molecule has 0 saturated heterocycles. The molecule has 0 aliphatic rings. The van der Waals surface area contributed by atoms with Gasteiger partial charge in [-0.25, -0.2) is 0 Å². The molecule has 122 valence electrons. The molecule has 3 aromatic rings. The Bertz CT molecular complexity index is 783. The van der Waals surface area contributed by atoms with Crippen LogP contribution in [0.25, 0.3) is 0 Å². The Morgan fingerprint density at radius 2 is 1.79 bits per heavy atom. The SMILES string of the molecule is S=C(NCc1ccco1)c1ccc(OCc2ccc(Br)cc2)cc1. The molecule has 0 aliphatic heterocycles. The molecule has 0 amide bonds. The molecule has 1 N–H and O–H groups in total. The van der Waals surface area contributed by atoms with Gasteiger partial charge in [-0.15, -0.1) is 0 Å². The standard InChI is InChI=1S/C19H16BrNO2S/c20-16-7-3-14(4-8-16)13-23-17-9-5-15(6-10-17)19(24)21-12-18-2-1-11-22-18/h1-11H,12-13H2,(H,21,24). The summed E-state index contributed by atoms with van der Waals surface area (Å²) in [4.78, 5) is 0.686. The van der Waals surface area contributed by atoms with Gasteiger partial charge in [0.25, 0.3) is 0 Å². The highest BCUT2D eigenvalue weighted by Gasteiger charge is 2.03. The molecule has 2 aromatic carbocycles. The molecule has 1 heterocycles. The van der Waals surface area contributed by atoms with Gasteiger partial charge in [0.2, 0.25) is 0 Å². The Labute approximate surface area is 154 Å². The molecular formula is C19H16BrNO2S. The van der Waals surface area contributed by atoms with Gasteiger partial charge in [0.1, 0.15) is 23.1 Å². The quantitative estimate of drug-likeness (QED) is 0.583. The first kappa shape index (κ1) is 16.7. The molecule has 0 spiro atoms. The fourth-order valence-corrected chi connectivity index (χ4v) is 2.61. The zero-order chi connectivity index (χ0) is 16.8. The van der Waals surface area contributed by atoms with E-state index in [1.807, 2.05) is 60.7 Å². The Morgan fingerprint density at radius 3 is 2.46 bits per heavy atom. The third kappa shape index (κ3) is 4.69. The van der Waals surface area contributed by atoms with E-state index in [0.29, 0.717) is 18.1 Å². The zero-order valence-corrected chi connectivity index (χ0v) is 15.3. The van der Waals surface area contributed by atoms with E-state index in [2.05, 4.69) is 21.2 Å². The smallest absolute Gasteiger partial charge is 0.122 e. The predicted molar refractivity (Wildman–Crippen MR) is 102 cm³/mol. The van der Waals surface area contributed by atoms with Gasteiger partial charge in [0.15, 0.2) is 0 Å². The van der Waals surface area contributed by atoms with Crippen molar-refractivity contribution in [3.05, 3.63) is 88.3 Å². The molecule has 0 saturated carbocycles. The zero-order valence-electron chi connectivity index (χ0n) is 12.9. The van der Waals surface area contributed by atoms with Crippen LogP contribution < -0.4 is 10.1 Å². The summed E-state index contributed by atoms with van der Waals surface area (Å²) in [5.41, 5.74) is 2.07. The summed E-state index contributed by atoms with van der Waals surface area (Å²) < 4.78 is 12.1. The van der Waals surface area contributed by atoms with Crippen LogP contribution in [0.3, 0.4) is 0 Å². The molecule has 0 unspecified atom stereocenters. The summed E-state index contributed by atoms with van der Waals surface area (Å²) in [6.07, 6.45) is 1.65. The average Bonchev–Trinajstić information content (AvgIpc) is 3.13. The van der Waals surface area contributed by atoms with Crippen molar-refractivity contribution < 1.29 is 9.15 Å². The number of benzene rings is 2. The molecule has 3 rings (SSSR count). The van der Waals surface area contributed by atoms with Crippen molar-refractivity contribution >= 4 is 33.1 Å². The highest BCUT2D eigenvalue weighted by Crippen LogP contribution is 2.16. The van der Waals surface area contributed by atoms with Crippen LogP contribution in [-0.2, 0) is 13.2 Å². The van der Waals surface area contributed by atoms with Crippen LogP contribution in [0, 0.1) is 0 Å². The largest absolute Gasteiger partial charge is 0.489 e. The van der Waals surface area contributed by atoms with Crippen LogP contribution in [0.15, 0.2) is 75.8 Å². The van der Waals surface area contributed by atoms with Gasteiger partial charge in [-0.2, -0.15) is 0 Å². The summed E-state index contributed by atoms with van der Waals surface area (Å²) >= 11 is 8.82. The maximum Gasteiger partial charge on any atom is 0.122 e. The lowest BCUT2D eigenvalue weighted by Crippen LogP contribution is -2.21. The maximum absolute atomic E-state index is 5.79. The Hall–Kier alpha value is -2.11. The molecule has 0 aliphatic carbocycles. The number of nitrogens with one attached hydrogen (secondary N) is 1. The number of hydrogen-bond acceptors (Lipinski definition) is 3. The minimum atomic E-state index is 0.536. The van der Waals surface area contributed by atoms with Crippen molar-refractivity contribution in [2.45, 2.75) is 13.2 Å². The minimum absolute atomic E-state index is 0.536. The van der Waals surface area contributed by atoms with E-state index in [0.717, 1.165) is 27.1 Å². The van der Waals surface area contributed by atoms with Crippen LogP contribution in [0.2, 0.25) is 0 Å². The summed E-state index contributed by atoms with van der Waals surface area (Å²) in [5.74, 6) is 1.67. The van der Waals surface area contributed by atoms with Crippen molar-refractivity contribution in [1.82, 2.24) is 5.32 Å². The Balaban J connectivity index is 1.52. The number of ether oxygens (including phenoxy) is 1. The Kier molecular flexibility index (Phi) is 5.67. The molecule has 0 atom stereocenters. The normalized spacial score (nSPS) is 10.4. The highest BCUT2D eigenvalue weighted by atomic mass is 79.9. The lowest BCUT2D eigenvalue weighted by atomic mass is 10.2. The van der Waals surface area contributed by atoms with Gasteiger partial charge in [-0.3, -0.25) is 0 Å². The van der Waals surface area contributed by atoms with E-state index in [1.54, 1.807) is 6.26 Å². The highest BCUT2D eigenvalue weighted by molar-refractivity contribution is 9.10. The van der Waals surface area contributed by atoms with Crippen LogP contribution >= 0.6 is 28.1 Å². The van der Waals surface area contributed by atoms with Crippen LogP contribution in [-0.4, -0.2) is 4.99 Å². The predicted octanol–water partition coefficient (Wildman–Crippen LogP) is 5.09. The van der Waals surface area contributed by atoms with Crippen molar-refractivity contribution in [3.8, 4) is 5.75 Å². The average molecular weight is 402 g/mol. The molecule has 0 bridgehead atoms. The van der Waals surface area contributed by atoms with Crippen molar-refractivity contribution in [1.29, 1.82) is 0 Å². The summed E-state index contributed by atoms with van der Waals surface area (Å²) in [6.45, 7) is 1.11. The van der Waals surface area contributed by atoms with Crippen LogP contribution in [0.1, 0.15) is 16.9 Å². The second-order valence-corrected chi connectivity index (χ2v) is 6.53. The number of thiocarbonyl (C=S) groups is 1. The lowest BCUT2D eigenvalue weighted by molar-refractivity contribution is 0.306. The molecule has 5 heteroatoms. The first-order valence-corrected chi connectivity index (χ1v) is 8.69. The van der Waals surface area contributed by atoms with Crippen molar-refractivity contribution in [2.75, 3.05) is 0 Å². The van der Waals surface area contributed by atoms with E-state index in [9.17, 15) is 0 Å². The molecule has 1 aromatic heterocycles. The van der Waals surface area contributed by atoms with Crippen molar-refractivity contribution in [3.63, 3.8) is 0 Å². The fraction of sp³-hybridized carbons (Fsp3) is 0.105. The van der Waals surface area contributed by atoms with E-state index in [4.69, 9.17) is 21.4 Å². The molecule has 24 heavy (non-hydrogen) atoms. The third-order valence-corrected chi connectivity index (χ3v) is 4.35. The van der Waals surface area contributed by atoms with Gasteiger partial charge in [-0.05, 0) is 54.1 Å². The lowest BCUT2D eigenvalue weighted by Gasteiger charge is -2.09.